The molecular formula is C15H22N2. The Balaban J connectivity index is 1.58. The zero-order chi connectivity index (χ0) is 11.7. The Labute approximate surface area is 104 Å². The predicted octanol–water partition coefficient (Wildman–Crippen LogP) is 2.76. The molecule has 2 aliphatic heterocycles. The van der Waals surface area contributed by atoms with Gasteiger partial charge in [-0.3, -0.25) is 0 Å². The van der Waals surface area contributed by atoms with E-state index in [4.69, 9.17) is 0 Å². The van der Waals surface area contributed by atoms with Gasteiger partial charge in [0.05, 0.1) is 0 Å². The van der Waals surface area contributed by atoms with Crippen molar-refractivity contribution in [3.63, 3.8) is 0 Å². The van der Waals surface area contributed by atoms with Crippen LogP contribution in [0.25, 0.3) is 0 Å². The molecule has 0 spiro atoms. The minimum Gasteiger partial charge on any atom is -0.380 e. The van der Waals surface area contributed by atoms with Crippen LogP contribution in [0, 0.1) is 5.92 Å². The highest BCUT2D eigenvalue weighted by Gasteiger charge is 2.24. The number of rotatable bonds is 2. The molecule has 1 saturated heterocycles. The fraction of sp³-hybridized carbons (Fsp3) is 0.600. The third-order valence-electron chi connectivity index (χ3n) is 4.06. The highest BCUT2D eigenvalue weighted by atomic mass is 15.2. The number of hydrogen-bond acceptors (Lipinski definition) is 2. The normalized spacial score (nSPS) is 28.8. The number of piperidine rings is 1. The van der Waals surface area contributed by atoms with Gasteiger partial charge in [-0.2, -0.15) is 0 Å². The second kappa shape index (κ2) is 4.69. The second-order valence-corrected chi connectivity index (χ2v) is 5.71. The molecule has 1 fully saturated rings. The summed E-state index contributed by atoms with van der Waals surface area (Å²) in [6, 6.07) is 9.34. The van der Waals surface area contributed by atoms with Crippen LogP contribution in [0.3, 0.4) is 0 Å². The first-order valence-corrected chi connectivity index (χ1v) is 6.88. The van der Waals surface area contributed by atoms with Crippen LogP contribution in [-0.4, -0.2) is 30.6 Å². The first-order chi connectivity index (χ1) is 8.31. The number of nitrogens with zero attached hydrogens (tertiary/aromatic N) is 1. The van der Waals surface area contributed by atoms with Gasteiger partial charge >= 0.3 is 0 Å². The van der Waals surface area contributed by atoms with Crippen molar-refractivity contribution in [3.8, 4) is 0 Å². The zero-order valence-electron chi connectivity index (χ0n) is 10.7. The number of likely N-dealkylation sites (tertiary alicyclic amines) is 1. The molecule has 1 N–H and O–H groups in total. The van der Waals surface area contributed by atoms with Gasteiger partial charge in [0, 0.05) is 24.8 Å². The monoisotopic (exact) mass is 230 g/mol. The molecule has 2 unspecified atom stereocenters. The van der Waals surface area contributed by atoms with E-state index in [1.165, 1.54) is 50.1 Å². The molecule has 0 amide bonds. The quantitative estimate of drug-likeness (QED) is 0.840. The maximum atomic E-state index is 3.65. The summed E-state index contributed by atoms with van der Waals surface area (Å²) in [7, 11) is 0. The zero-order valence-corrected chi connectivity index (χ0v) is 10.7. The third-order valence-corrected chi connectivity index (χ3v) is 4.06. The van der Waals surface area contributed by atoms with Gasteiger partial charge in [0.2, 0.25) is 0 Å². The van der Waals surface area contributed by atoms with E-state index in [-0.39, 0.29) is 0 Å². The lowest BCUT2D eigenvalue weighted by atomic mass is 9.99. The fourth-order valence-corrected chi connectivity index (χ4v) is 3.25. The van der Waals surface area contributed by atoms with Crippen LogP contribution in [0.4, 0.5) is 5.69 Å². The molecule has 0 bridgehead atoms. The lowest BCUT2D eigenvalue weighted by molar-refractivity contribution is 0.178. The Bertz CT molecular complexity index is 363. The Hall–Kier alpha value is -1.02. The highest BCUT2D eigenvalue weighted by Crippen LogP contribution is 2.26. The highest BCUT2D eigenvalue weighted by molar-refractivity contribution is 5.56. The topological polar surface area (TPSA) is 15.3 Å². The Kier molecular flexibility index (Phi) is 3.06. The smallest absolute Gasteiger partial charge is 0.0429 e. The fourth-order valence-electron chi connectivity index (χ4n) is 3.25. The van der Waals surface area contributed by atoms with E-state index in [0.29, 0.717) is 6.04 Å². The predicted molar refractivity (Wildman–Crippen MR) is 72.4 cm³/mol. The van der Waals surface area contributed by atoms with Gasteiger partial charge in [0.25, 0.3) is 0 Å². The van der Waals surface area contributed by atoms with Crippen molar-refractivity contribution in [3.05, 3.63) is 29.8 Å². The SMILES string of the molecule is CC1CCCN(CC2Cc3ccccc3N2)C1. The molecule has 0 radical (unpaired) electrons. The van der Waals surface area contributed by atoms with Crippen molar-refractivity contribution in [2.75, 3.05) is 25.0 Å². The minimum absolute atomic E-state index is 0.623. The standard InChI is InChI=1S/C15H22N2/c1-12-5-4-8-17(10-12)11-14-9-13-6-2-3-7-15(13)16-14/h2-3,6-7,12,14,16H,4-5,8-11H2,1H3. The number of nitrogens with one attached hydrogen (secondary N) is 1. The molecule has 2 nitrogen and oxygen atoms in total. The molecule has 0 aliphatic carbocycles. The summed E-state index contributed by atoms with van der Waals surface area (Å²) in [4.78, 5) is 2.64. The largest absolute Gasteiger partial charge is 0.380 e. The van der Waals surface area contributed by atoms with E-state index >= 15 is 0 Å². The number of anilines is 1. The minimum atomic E-state index is 0.623. The Morgan fingerprint density at radius 1 is 1.35 bits per heavy atom. The summed E-state index contributed by atoms with van der Waals surface area (Å²) in [5.41, 5.74) is 2.84. The van der Waals surface area contributed by atoms with Gasteiger partial charge in [-0.25, -0.2) is 0 Å². The first kappa shape index (κ1) is 11.1. The van der Waals surface area contributed by atoms with Crippen LogP contribution in [-0.2, 0) is 6.42 Å². The summed E-state index contributed by atoms with van der Waals surface area (Å²) in [5.74, 6) is 0.882. The van der Waals surface area contributed by atoms with Gasteiger partial charge in [-0.1, -0.05) is 25.1 Å². The Morgan fingerprint density at radius 2 is 2.24 bits per heavy atom. The molecule has 2 heteroatoms. The van der Waals surface area contributed by atoms with Crippen LogP contribution in [0.1, 0.15) is 25.3 Å². The summed E-state index contributed by atoms with van der Waals surface area (Å²) in [6.45, 7) is 6.16. The molecular weight excluding hydrogens is 208 g/mol. The third kappa shape index (κ3) is 2.47. The lowest BCUT2D eigenvalue weighted by Gasteiger charge is -2.32. The van der Waals surface area contributed by atoms with Crippen molar-refractivity contribution in [2.45, 2.75) is 32.2 Å². The van der Waals surface area contributed by atoms with E-state index in [2.05, 4.69) is 41.4 Å². The van der Waals surface area contributed by atoms with Crippen LogP contribution in [0.2, 0.25) is 0 Å². The molecule has 1 aromatic rings. The second-order valence-electron chi connectivity index (χ2n) is 5.71. The van der Waals surface area contributed by atoms with E-state index in [9.17, 15) is 0 Å². The van der Waals surface area contributed by atoms with Crippen molar-refractivity contribution >= 4 is 5.69 Å². The van der Waals surface area contributed by atoms with Gasteiger partial charge in [0.15, 0.2) is 0 Å². The number of benzene rings is 1. The first-order valence-electron chi connectivity index (χ1n) is 6.88. The number of para-hydroxylation sites is 1. The van der Waals surface area contributed by atoms with Gasteiger partial charge in [-0.15, -0.1) is 0 Å². The molecule has 3 rings (SSSR count). The molecule has 2 atom stereocenters. The number of hydrogen-bond donors (Lipinski definition) is 1. The Morgan fingerprint density at radius 3 is 3.06 bits per heavy atom. The van der Waals surface area contributed by atoms with Crippen LogP contribution in [0.5, 0.6) is 0 Å². The summed E-state index contributed by atoms with van der Waals surface area (Å²) in [5, 5.41) is 3.65. The van der Waals surface area contributed by atoms with E-state index in [1.54, 1.807) is 0 Å². The molecule has 0 saturated carbocycles. The van der Waals surface area contributed by atoms with Crippen molar-refractivity contribution in [2.24, 2.45) is 5.92 Å². The summed E-state index contributed by atoms with van der Waals surface area (Å²) >= 11 is 0. The van der Waals surface area contributed by atoms with Gasteiger partial charge in [-0.05, 0) is 43.4 Å². The summed E-state index contributed by atoms with van der Waals surface area (Å²) in [6.07, 6.45) is 3.98. The molecule has 1 aromatic carbocycles. The molecule has 92 valence electrons. The van der Waals surface area contributed by atoms with Crippen molar-refractivity contribution < 1.29 is 0 Å². The van der Waals surface area contributed by atoms with Crippen molar-refractivity contribution in [1.29, 1.82) is 0 Å². The molecule has 17 heavy (non-hydrogen) atoms. The van der Waals surface area contributed by atoms with Crippen molar-refractivity contribution in [1.82, 2.24) is 4.90 Å². The maximum Gasteiger partial charge on any atom is 0.0429 e. The van der Waals surface area contributed by atoms with Gasteiger partial charge in [0.1, 0.15) is 0 Å². The van der Waals surface area contributed by atoms with E-state index < -0.39 is 0 Å². The average molecular weight is 230 g/mol. The maximum absolute atomic E-state index is 3.65. The van der Waals surface area contributed by atoms with Crippen LogP contribution >= 0.6 is 0 Å². The molecule has 2 heterocycles. The average Bonchev–Trinajstić information content (AvgIpc) is 2.71. The van der Waals surface area contributed by atoms with E-state index in [1.807, 2.05) is 0 Å². The van der Waals surface area contributed by atoms with Gasteiger partial charge < -0.3 is 10.2 Å². The molecule has 2 aliphatic rings. The van der Waals surface area contributed by atoms with Crippen LogP contribution < -0.4 is 5.32 Å². The number of fused-ring (bicyclic) bond motifs is 1. The summed E-state index contributed by atoms with van der Waals surface area (Å²) < 4.78 is 0. The molecule has 0 aromatic heterocycles. The van der Waals surface area contributed by atoms with E-state index in [0.717, 1.165) is 5.92 Å². The lowest BCUT2D eigenvalue weighted by Crippen LogP contribution is -2.41. The van der Waals surface area contributed by atoms with Crippen LogP contribution in [0.15, 0.2) is 24.3 Å².